The third-order valence-corrected chi connectivity index (χ3v) is 4.93. The number of aromatic nitrogens is 1. The Morgan fingerprint density at radius 1 is 1.09 bits per heavy atom. The van der Waals surface area contributed by atoms with Crippen molar-refractivity contribution < 1.29 is 4.74 Å². The predicted molar refractivity (Wildman–Crippen MR) is 95.0 cm³/mol. The van der Waals surface area contributed by atoms with Crippen molar-refractivity contribution in [2.75, 3.05) is 0 Å². The number of ether oxygens (including phenoxy) is 1. The fourth-order valence-corrected chi connectivity index (χ4v) is 3.90. The van der Waals surface area contributed by atoms with Gasteiger partial charge in [-0.25, -0.2) is 0 Å². The first-order valence-corrected chi connectivity index (χ1v) is 8.67. The Hall–Kier alpha value is -2.22. The van der Waals surface area contributed by atoms with Crippen LogP contribution in [0.2, 0.25) is 0 Å². The fourth-order valence-electron chi connectivity index (χ4n) is 3.90. The zero-order chi connectivity index (χ0) is 15.6. The van der Waals surface area contributed by atoms with Crippen molar-refractivity contribution in [3.8, 4) is 5.75 Å². The van der Waals surface area contributed by atoms with Gasteiger partial charge in [0.25, 0.3) is 0 Å². The average molecular weight is 305 g/mol. The predicted octanol–water partition coefficient (Wildman–Crippen LogP) is 5.58. The lowest BCUT2D eigenvalue weighted by atomic mass is 9.95. The van der Waals surface area contributed by atoms with E-state index in [1.165, 1.54) is 53.4 Å². The van der Waals surface area contributed by atoms with Crippen LogP contribution in [0.25, 0.3) is 10.9 Å². The van der Waals surface area contributed by atoms with E-state index < -0.39 is 0 Å². The van der Waals surface area contributed by atoms with Crippen molar-refractivity contribution in [3.63, 3.8) is 0 Å². The maximum absolute atomic E-state index is 6.20. The summed E-state index contributed by atoms with van der Waals surface area (Å²) in [6.45, 7) is 2.90. The number of hydrogen-bond donors (Lipinski definition) is 1. The van der Waals surface area contributed by atoms with Gasteiger partial charge in [-0.1, -0.05) is 49.7 Å². The molecule has 0 radical (unpaired) electrons. The molecule has 2 heteroatoms. The van der Waals surface area contributed by atoms with Gasteiger partial charge in [-0.3, -0.25) is 0 Å². The molecule has 0 saturated heterocycles. The van der Waals surface area contributed by atoms with Gasteiger partial charge in [0, 0.05) is 16.6 Å². The summed E-state index contributed by atoms with van der Waals surface area (Å²) >= 11 is 0. The summed E-state index contributed by atoms with van der Waals surface area (Å²) in [6, 6.07) is 16.8. The Bertz CT molecular complexity index is 803. The lowest BCUT2D eigenvalue weighted by Gasteiger charge is -2.13. The topological polar surface area (TPSA) is 25.0 Å². The summed E-state index contributed by atoms with van der Waals surface area (Å²) in [4.78, 5) is 3.62. The maximum atomic E-state index is 6.20. The highest BCUT2D eigenvalue weighted by molar-refractivity contribution is 5.91. The Kier molecular flexibility index (Phi) is 3.82. The Morgan fingerprint density at radius 2 is 1.96 bits per heavy atom. The van der Waals surface area contributed by atoms with Crippen molar-refractivity contribution >= 4 is 10.9 Å². The zero-order valence-corrected chi connectivity index (χ0v) is 13.6. The molecule has 0 fully saturated rings. The molecule has 23 heavy (non-hydrogen) atoms. The molecule has 1 atom stereocenters. The van der Waals surface area contributed by atoms with E-state index >= 15 is 0 Å². The largest absolute Gasteiger partial charge is 0.488 e. The number of rotatable bonds is 5. The van der Waals surface area contributed by atoms with Crippen molar-refractivity contribution in [1.82, 2.24) is 4.98 Å². The van der Waals surface area contributed by atoms with Crippen LogP contribution in [0, 0.1) is 0 Å². The van der Waals surface area contributed by atoms with E-state index in [0.29, 0.717) is 12.5 Å². The number of benzene rings is 2. The van der Waals surface area contributed by atoms with Crippen molar-refractivity contribution in [2.45, 2.75) is 45.1 Å². The molecule has 4 rings (SSSR count). The quantitative estimate of drug-likeness (QED) is 0.654. The Balaban J connectivity index is 1.70. The molecule has 0 spiro atoms. The van der Waals surface area contributed by atoms with Gasteiger partial charge in [-0.15, -0.1) is 0 Å². The van der Waals surface area contributed by atoms with Crippen LogP contribution in [-0.4, -0.2) is 4.98 Å². The molecule has 1 heterocycles. The van der Waals surface area contributed by atoms with E-state index in [9.17, 15) is 0 Å². The Morgan fingerprint density at radius 3 is 2.78 bits per heavy atom. The second-order valence-electron chi connectivity index (χ2n) is 6.49. The lowest BCUT2D eigenvalue weighted by molar-refractivity contribution is 0.310. The lowest BCUT2D eigenvalue weighted by Crippen LogP contribution is -1.97. The van der Waals surface area contributed by atoms with Crippen LogP contribution >= 0.6 is 0 Å². The van der Waals surface area contributed by atoms with Crippen LogP contribution in [0.4, 0.5) is 0 Å². The highest BCUT2D eigenvalue weighted by Crippen LogP contribution is 2.44. The minimum Gasteiger partial charge on any atom is -0.488 e. The van der Waals surface area contributed by atoms with Crippen LogP contribution in [-0.2, 0) is 13.0 Å². The summed E-state index contributed by atoms with van der Waals surface area (Å²) < 4.78 is 6.20. The molecular weight excluding hydrogens is 282 g/mol. The molecule has 1 N–H and O–H groups in total. The van der Waals surface area contributed by atoms with Crippen LogP contribution in [0.3, 0.4) is 0 Å². The molecule has 1 unspecified atom stereocenters. The summed E-state index contributed by atoms with van der Waals surface area (Å²) in [5.41, 5.74) is 5.38. The summed E-state index contributed by atoms with van der Waals surface area (Å²) in [5, 5.41) is 1.31. The molecule has 0 aliphatic heterocycles. The van der Waals surface area contributed by atoms with Gasteiger partial charge >= 0.3 is 0 Å². The summed E-state index contributed by atoms with van der Waals surface area (Å²) in [5.74, 6) is 1.71. The fraction of sp³-hybridized carbons (Fsp3) is 0.333. The van der Waals surface area contributed by atoms with E-state index in [1.54, 1.807) is 0 Å². The second-order valence-corrected chi connectivity index (χ2v) is 6.49. The van der Waals surface area contributed by atoms with Gasteiger partial charge in [0.15, 0.2) is 0 Å². The molecule has 118 valence electrons. The van der Waals surface area contributed by atoms with Gasteiger partial charge < -0.3 is 9.72 Å². The molecule has 2 nitrogen and oxygen atoms in total. The number of H-pyrrole nitrogens is 1. The van der Waals surface area contributed by atoms with Crippen molar-refractivity contribution in [3.05, 3.63) is 65.4 Å². The molecule has 1 aromatic heterocycles. The third kappa shape index (κ3) is 2.63. The molecule has 1 aliphatic carbocycles. The van der Waals surface area contributed by atoms with Gasteiger partial charge in [0.05, 0.1) is 0 Å². The van der Waals surface area contributed by atoms with Gasteiger partial charge in [-0.05, 0) is 48.4 Å². The van der Waals surface area contributed by atoms with Crippen molar-refractivity contribution in [2.24, 2.45) is 0 Å². The smallest absolute Gasteiger partial charge is 0.129 e. The van der Waals surface area contributed by atoms with E-state index in [4.69, 9.17) is 4.74 Å². The number of aryl methyl sites for hydroxylation is 1. The second kappa shape index (κ2) is 6.11. The Labute approximate surface area is 137 Å². The highest BCUT2D eigenvalue weighted by Gasteiger charge is 2.27. The third-order valence-electron chi connectivity index (χ3n) is 4.93. The number of hydrogen-bond acceptors (Lipinski definition) is 1. The highest BCUT2D eigenvalue weighted by atomic mass is 16.5. The molecule has 0 saturated carbocycles. The van der Waals surface area contributed by atoms with Crippen molar-refractivity contribution in [1.29, 1.82) is 0 Å². The molecule has 0 bridgehead atoms. The first kappa shape index (κ1) is 14.4. The van der Waals surface area contributed by atoms with Crippen LogP contribution in [0.1, 0.15) is 48.9 Å². The standard InChI is InChI=1S/C21H23NO/c1-2-7-16-12-13-18-20(16)21-17(22-18)10-6-11-19(21)23-14-15-8-4-3-5-9-15/h3-6,8-11,16,22H,2,7,12-14H2,1H3. The van der Waals surface area contributed by atoms with E-state index in [1.807, 2.05) is 6.07 Å². The maximum Gasteiger partial charge on any atom is 0.129 e. The first-order chi connectivity index (χ1) is 11.4. The molecule has 2 aromatic carbocycles. The van der Waals surface area contributed by atoms with Gasteiger partial charge in [0.2, 0.25) is 0 Å². The minimum absolute atomic E-state index is 0.623. The van der Waals surface area contributed by atoms with Gasteiger partial charge in [0.1, 0.15) is 12.4 Å². The van der Waals surface area contributed by atoms with E-state index in [-0.39, 0.29) is 0 Å². The summed E-state index contributed by atoms with van der Waals surface area (Å²) in [6.07, 6.45) is 4.96. The number of aromatic amines is 1. The van der Waals surface area contributed by atoms with E-state index in [2.05, 4.69) is 54.4 Å². The number of fused-ring (bicyclic) bond motifs is 3. The average Bonchev–Trinajstić information content (AvgIpc) is 3.14. The molecule has 1 aliphatic rings. The monoisotopic (exact) mass is 305 g/mol. The number of nitrogens with one attached hydrogen (secondary N) is 1. The zero-order valence-electron chi connectivity index (χ0n) is 13.6. The van der Waals surface area contributed by atoms with Crippen LogP contribution in [0.15, 0.2) is 48.5 Å². The van der Waals surface area contributed by atoms with Gasteiger partial charge in [-0.2, -0.15) is 0 Å². The molecule has 3 aromatic rings. The molecule has 0 amide bonds. The normalized spacial score (nSPS) is 16.7. The molecular formula is C21H23NO. The SMILES string of the molecule is CCCC1CCc2[nH]c3cccc(OCc4ccccc4)c3c21. The van der Waals surface area contributed by atoms with Crippen LogP contribution in [0.5, 0.6) is 5.75 Å². The van der Waals surface area contributed by atoms with E-state index in [0.717, 1.165) is 5.75 Å². The summed E-state index contributed by atoms with van der Waals surface area (Å²) in [7, 11) is 0. The minimum atomic E-state index is 0.623. The van der Waals surface area contributed by atoms with Crippen LogP contribution < -0.4 is 4.74 Å². The first-order valence-electron chi connectivity index (χ1n) is 8.67.